The molecule has 0 aromatic heterocycles. The van der Waals surface area contributed by atoms with Crippen molar-refractivity contribution in [1.29, 1.82) is 0 Å². The van der Waals surface area contributed by atoms with Crippen LogP contribution >= 0.6 is 0 Å². The molecule has 0 aromatic rings. The highest BCUT2D eigenvalue weighted by Gasteiger charge is 2.52. The van der Waals surface area contributed by atoms with E-state index in [1.165, 1.54) is 19.3 Å². The Kier molecular flexibility index (Phi) is 4.52. The molecule has 2 saturated carbocycles. The summed E-state index contributed by atoms with van der Waals surface area (Å²) in [5, 5.41) is 0. The molecule has 2 bridgehead atoms. The van der Waals surface area contributed by atoms with Crippen LogP contribution in [0, 0.1) is 23.2 Å². The molecular formula is C11H20F2O3S. The lowest BCUT2D eigenvalue weighted by atomic mass is 9.79. The van der Waals surface area contributed by atoms with Crippen LogP contribution in [0.1, 0.15) is 39.5 Å². The Morgan fingerprint density at radius 2 is 1.88 bits per heavy atom. The Hall–Kier alpha value is -0.230. The third-order valence-electron chi connectivity index (χ3n) is 4.47. The quantitative estimate of drug-likeness (QED) is 0.619. The molecule has 3 nitrogen and oxygen atoms in total. The number of hydrogen-bond donors (Lipinski definition) is 1. The van der Waals surface area contributed by atoms with Gasteiger partial charge in [-0.25, -0.2) is 0 Å². The van der Waals surface area contributed by atoms with E-state index in [9.17, 15) is 8.28 Å². The van der Waals surface area contributed by atoms with Gasteiger partial charge in [0.2, 0.25) is 0 Å². The van der Waals surface area contributed by atoms with Crippen LogP contribution in [0.25, 0.3) is 0 Å². The highest BCUT2D eigenvalue weighted by molar-refractivity contribution is 7.80. The van der Waals surface area contributed by atoms with Gasteiger partial charge in [-0.2, -0.15) is 8.42 Å². The second-order valence-electron chi connectivity index (χ2n) is 5.59. The summed E-state index contributed by atoms with van der Waals surface area (Å²) in [6.07, 6.45) is 4.90. The average Bonchev–Trinajstić information content (AvgIpc) is 2.52. The summed E-state index contributed by atoms with van der Waals surface area (Å²) in [6.45, 7) is 4.66. The van der Waals surface area contributed by atoms with Crippen molar-refractivity contribution in [3.8, 4) is 0 Å². The van der Waals surface area contributed by atoms with Crippen molar-refractivity contribution in [1.82, 2.24) is 0 Å². The zero-order valence-electron chi connectivity index (χ0n) is 10.2. The maximum absolute atomic E-state index is 12.2. The SMILES string of the molecule is CC1(C)C2CCC1C(CCF)C2.O=S(=O)(O)F. The lowest BCUT2D eigenvalue weighted by Gasteiger charge is -2.26. The smallest absolute Gasteiger partial charge is 0.260 e. The van der Waals surface area contributed by atoms with Gasteiger partial charge >= 0.3 is 10.5 Å². The van der Waals surface area contributed by atoms with Gasteiger partial charge < -0.3 is 0 Å². The van der Waals surface area contributed by atoms with Crippen LogP contribution in [0.3, 0.4) is 0 Å². The van der Waals surface area contributed by atoms with E-state index in [-0.39, 0.29) is 6.67 Å². The first-order valence-electron chi connectivity index (χ1n) is 5.89. The van der Waals surface area contributed by atoms with Gasteiger partial charge in [0.05, 0.1) is 6.67 Å². The predicted octanol–water partition coefficient (Wildman–Crippen LogP) is 3.18. The summed E-state index contributed by atoms with van der Waals surface area (Å²) in [7, 11) is -5.17. The van der Waals surface area contributed by atoms with E-state index in [0.717, 1.165) is 18.3 Å². The molecule has 17 heavy (non-hydrogen) atoms. The molecule has 0 heterocycles. The third-order valence-corrected chi connectivity index (χ3v) is 4.47. The molecule has 6 heteroatoms. The Morgan fingerprint density at radius 1 is 1.35 bits per heavy atom. The second kappa shape index (κ2) is 5.18. The highest BCUT2D eigenvalue weighted by Crippen LogP contribution is 2.60. The van der Waals surface area contributed by atoms with Crippen molar-refractivity contribution < 1.29 is 21.2 Å². The van der Waals surface area contributed by atoms with Crippen LogP contribution in [0.15, 0.2) is 0 Å². The number of halogens is 2. The van der Waals surface area contributed by atoms with Crippen LogP contribution in [0.5, 0.6) is 0 Å². The van der Waals surface area contributed by atoms with Gasteiger partial charge in [0.1, 0.15) is 0 Å². The second-order valence-corrected chi connectivity index (χ2v) is 6.41. The summed E-state index contributed by atoms with van der Waals surface area (Å²) in [4.78, 5) is 0. The van der Waals surface area contributed by atoms with Crippen LogP contribution < -0.4 is 0 Å². The van der Waals surface area contributed by atoms with E-state index in [2.05, 4.69) is 13.8 Å². The minimum atomic E-state index is -5.17. The van der Waals surface area contributed by atoms with Crippen molar-refractivity contribution in [2.24, 2.45) is 23.2 Å². The monoisotopic (exact) mass is 270 g/mol. The number of rotatable bonds is 2. The molecule has 0 radical (unpaired) electrons. The molecule has 0 saturated heterocycles. The van der Waals surface area contributed by atoms with Crippen molar-refractivity contribution >= 4 is 10.5 Å². The lowest BCUT2D eigenvalue weighted by molar-refractivity contribution is 0.220. The van der Waals surface area contributed by atoms with Crippen LogP contribution in [-0.2, 0) is 10.5 Å². The van der Waals surface area contributed by atoms with Gasteiger partial charge in [-0.15, -0.1) is 0 Å². The standard InChI is InChI=1S/C11H19F.FHO3S/c1-11(2)9-3-4-10(11)8(7-9)5-6-12;1-5(2,3)4/h8-10H,3-7H2,1-2H3;(H,2,3,4). The van der Waals surface area contributed by atoms with Gasteiger partial charge in [0.15, 0.2) is 0 Å². The largest absolute Gasteiger partial charge is 0.435 e. The van der Waals surface area contributed by atoms with Crippen molar-refractivity contribution in [2.45, 2.75) is 39.5 Å². The number of fused-ring (bicyclic) bond motifs is 2. The summed E-state index contributed by atoms with van der Waals surface area (Å²) in [5.74, 6) is 2.45. The van der Waals surface area contributed by atoms with Gasteiger partial charge in [-0.05, 0) is 48.9 Å². The van der Waals surface area contributed by atoms with Crippen LogP contribution in [-0.4, -0.2) is 19.6 Å². The van der Waals surface area contributed by atoms with E-state index in [4.69, 9.17) is 13.0 Å². The first kappa shape index (κ1) is 14.8. The van der Waals surface area contributed by atoms with Crippen molar-refractivity contribution in [3.63, 3.8) is 0 Å². The van der Waals surface area contributed by atoms with Gasteiger partial charge in [-0.1, -0.05) is 17.7 Å². The van der Waals surface area contributed by atoms with Crippen LogP contribution in [0.4, 0.5) is 8.28 Å². The molecule has 1 N–H and O–H groups in total. The predicted molar refractivity (Wildman–Crippen MR) is 61.4 cm³/mol. The summed E-state index contributed by atoms with van der Waals surface area (Å²) in [5.41, 5.74) is 0.528. The minimum Gasteiger partial charge on any atom is -0.260 e. The summed E-state index contributed by atoms with van der Waals surface area (Å²) in [6, 6.07) is 0. The zero-order chi connectivity index (χ0) is 13.3. The van der Waals surface area contributed by atoms with E-state index >= 15 is 0 Å². The van der Waals surface area contributed by atoms with Gasteiger partial charge in [-0.3, -0.25) is 8.94 Å². The number of alkyl halides is 1. The molecule has 0 aliphatic heterocycles. The topological polar surface area (TPSA) is 54.4 Å². The minimum absolute atomic E-state index is 0.107. The molecule has 2 rings (SSSR count). The normalized spacial score (nSPS) is 34.3. The van der Waals surface area contributed by atoms with E-state index in [0.29, 0.717) is 11.3 Å². The van der Waals surface area contributed by atoms with Gasteiger partial charge in [0.25, 0.3) is 0 Å². The van der Waals surface area contributed by atoms with Crippen molar-refractivity contribution in [2.75, 3.05) is 6.67 Å². The fraction of sp³-hybridized carbons (Fsp3) is 1.00. The zero-order valence-corrected chi connectivity index (χ0v) is 11.0. The molecule has 0 spiro atoms. The lowest BCUT2D eigenvalue weighted by Crippen LogP contribution is -2.19. The average molecular weight is 270 g/mol. The molecule has 0 aromatic carbocycles. The molecule has 3 unspecified atom stereocenters. The van der Waals surface area contributed by atoms with Gasteiger partial charge in [0, 0.05) is 0 Å². The Labute approximate surface area is 102 Å². The fourth-order valence-corrected chi connectivity index (χ4v) is 3.68. The maximum atomic E-state index is 12.2. The highest BCUT2D eigenvalue weighted by atomic mass is 32.3. The van der Waals surface area contributed by atoms with Crippen molar-refractivity contribution in [3.05, 3.63) is 0 Å². The number of hydrogen-bond acceptors (Lipinski definition) is 2. The maximum Gasteiger partial charge on any atom is 0.435 e. The fourth-order valence-electron chi connectivity index (χ4n) is 3.68. The molecule has 2 aliphatic rings. The Bertz CT molecular complexity index is 346. The first-order valence-corrected chi connectivity index (χ1v) is 7.23. The summed E-state index contributed by atoms with van der Waals surface area (Å²) >= 11 is 0. The van der Waals surface area contributed by atoms with E-state index < -0.39 is 10.5 Å². The molecule has 0 amide bonds. The summed E-state index contributed by atoms with van der Waals surface area (Å²) < 4.78 is 46.3. The third kappa shape index (κ3) is 3.88. The van der Waals surface area contributed by atoms with E-state index in [1.54, 1.807) is 0 Å². The molecule has 2 fully saturated rings. The molecule has 102 valence electrons. The Balaban J connectivity index is 0.000000249. The molecule has 2 aliphatic carbocycles. The van der Waals surface area contributed by atoms with Crippen LogP contribution in [0.2, 0.25) is 0 Å². The van der Waals surface area contributed by atoms with E-state index in [1.807, 2.05) is 0 Å². The Morgan fingerprint density at radius 3 is 2.18 bits per heavy atom. The molecule has 3 atom stereocenters. The molecular weight excluding hydrogens is 250 g/mol. The first-order chi connectivity index (χ1) is 7.66.